The van der Waals surface area contributed by atoms with Crippen molar-refractivity contribution in [3.05, 3.63) is 47.7 Å². The van der Waals surface area contributed by atoms with Crippen LogP contribution in [0.2, 0.25) is 0 Å². The molecule has 0 amide bonds. The molecule has 1 aromatic carbocycles. The van der Waals surface area contributed by atoms with Crippen molar-refractivity contribution in [3.8, 4) is 11.3 Å². The minimum atomic E-state index is 0.480. The van der Waals surface area contributed by atoms with Gasteiger partial charge in [0.05, 0.1) is 11.4 Å². The highest BCUT2D eigenvalue weighted by atomic mass is 15.2. The highest BCUT2D eigenvalue weighted by Crippen LogP contribution is 2.41. The van der Waals surface area contributed by atoms with Gasteiger partial charge in [-0.2, -0.15) is 5.10 Å². The fourth-order valence-electron chi connectivity index (χ4n) is 4.54. The van der Waals surface area contributed by atoms with Crippen LogP contribution >= 0.6 is 0 Å². The van der Waals surface area contributed by atoms with Gasteiger partial charge in [0.15, 0.2) is 0 Å². The molecular weight excluding hydrogens is 282 g/mol. The summed E-state index contributed by atoms with van der Waals surface area (Å²) in [5.74, 6) is 0. The highest BCUT2D eigenvalue weighted by Gasteiger charge is 2.43. The second kappa shape index (κ2) is 6.04. The first-order chi connectivity index (χ1) is 11.3. The van der Waals surface area contributed by atoms with Crippen LogP contribution in [-0.4, -0.2) is 33.7 Å². The second-order valence-electron chi connectivity index (χ2n) is 7.15. The Hall–Kier alpha value is -1.74. The molecule has 2 aromatic rings. The number of hydrogen-bond donors (Lipinski definition) is 0. The van der Waals surface area contributed by atoms with Gasteiger partial charge in [0.1, 0.15) is 0 Å². The van der Waals surface area contributed by atoms with E-state index in [-0.39, 0.29) is 0 Å². The molecule has 2 aliphatic heterocycles. The summed E-state index contributed by atoms with van der Waals surface area (Å²) in [6.07, 6.45) is 7.80. The molecule has 0 aliphatic carbocycles. The van der Waals surface area contributed by atoms with Crippen molar-refractivity contribution < 1.29 is 0 Å². The molecular formula is C20H25N3. The maximum absolute atomic E-state index is 4.52. The summed E-state index contributed by atoms with van der Waals surface area (Å²) in [6, 6.07) is 12.6. The topological polar surface area (TPSA) is 29.0 Å². The van der Waals surface area contributed by atoms with Crippen LogP contribution in [0.1, 0.15) is 43.4 Å². The predicted molar refractivity (Wildman–Crippen MR) is 93.3 cm³/mol. The summed E-state index contributed by atoms with van der Waals surface area (Å²) in [7, 11) is 0. The molecule has 0 saturated carbocycles. The van der Waals surface area contributed by atoms with Gasteiger partial charge in [-0.1, -0.05) is 30.3 Å². The molecule has 0 atom stereocenters. The molecule has 23 heavy (non-hydrogen) atoms. The average molecular weight is 307 g/mol. The van der Waals surface area contributed by atoms with E-state index in [9.17, 15) is 0 Å². The molecule has 2 saturated heterocycles. The number of nitrogens with zero attached hydrogens (tertiary/aromatic N) is 3. The smallest absolute Gasteiger partial charge is 0.0958 e. The van der Waals surface area contributed by atoms with E-state index in [0.717, 1.165) is 23.4 Å². The zero-order valence-corrected chi connectivity index (χ0v) is 14.0. The molecule has 0 unspecified atom stereocenters. The molecule has 4 rings (SSSR count). The van der Waals surface area contributed by atoms with Crippen LogP contribution in [0.15, 0.2) is 36.4 Å². The maximum Gasteiger partial charge on any atom is 0.0958 e. The Bertz CT molecular complexity index is 671. The van der Waals surface area contributed by atoms with Crippen LogP contribution in [-0.2, 0) is 6.42 Å². The third-order valence-corrected chi connectivity index (χ3v) is 5.74. The lowest BCUT2D eigenvalue weighted by molar-refractivity contribution is 0.182. The molecule has 3 heteroatoms. The lowest BCUT2D eigenvalue weighted by Gasteiger charge is -2.32. The van der Waals surface area contributed by atoms with E-state index >= 15 is 0 Å². The Morgan fingerprint density at radius 3 is 2.48 bits per heavy atom. The van der Waals surface area contributed by atoms with Gasteiger partial charge in [0.25, 0.3) is 0 Å². The minimum absolute atomic E-state index is 0.480. The Balaban J connectivity index is 1.49. The zero-order valence-electron chi connectivity index (χ0n) is 14.0. The van der Waals surface area contributed by atoms with E-state index < -0.39 is 0 Å². The minimum Gasteiger partial charge on any atom is -0.298 e. The van der Waals surface area contributed by atoms with Gasteiger partial charge in [-0.05, 0) is 70.2 Å². The molecule has 0 radical (unpaired) electrons. The van der Waals surface area contributed by atoms with Crippen LogP contribution in [0.5, 0.6) is 0 Å². The van der Waals surface area contributed by atoms with E-state index in [1.54, 1.807) is 0 Å². The normalized spacial score (nSPS) is 19.9. The van der Waals surface area contributed by atoms with E-state index in [2.05, 4.69) is 52.4 Å². The molecule has 3 heterocycles. The number of aryl methyl sites for hydroxylation is 2. The van der Waals surface area contributed by atoms with Crippen molar-refractivity contribution in [1.29, 1.82) is 0 Å². The van der Waals surface area contributed by atoms with E-state index in [0.29, 0.717) is 5.54 Å². The van der Waals surface area contributed by atoms with Crippen molar-refractivity contribution in [3.63, 3.8) is 0 Å². The lowest BCUT2D eigenvalue weighted by atomic mass is 9.88. The Morgan fingerprint density at radius 1 is 1.04 bits per heavy atom. The first-order valence-electron chi connectivity index (χ1n) is 8.91. The number of aromatic nitrogens is 2. The molecule has 2 aliphatic rings. The molecule has 120 valence electrons. The molecule has 0 N–H and O–H groups in total. The summed E-state index contributed by atoms with van der Waals surface area (Å²) in [6.45, 7) is 4.76. The Kier molecular flexibility index (Phi) is 3.90. The van der Waals surface area contributed by atoms with Crippen molar-refractivity contribution >= 4 is 0 Å². The summed E-state index contributed by atoms with van der Waals surface area (Å²) >= 11 is 0. The Morgan fingerprint density at radius 2 is 1.78 bits per heavy atom. The molecule has 1 aromatic heterocycles. The highest BCUT2D eigenvalue weighted by molar-refractivity contribution is 5.62. The van der Waals surface area contributed by atoms with Gasteiger partial charge in [0, 0.05) is 11.1 Å². The number of fused-ring (bicyclic) bond motifs is 1. The van der Waals surface area contributed by atoms with Gasteiger partial charge in [-0.3, -0.25) is 4.90 Å². The predicted octanol–water partition coefficient (Wildman–Crippen LogP) is 4.01. The van der Waals surface area contributed by atoms with Gasteiger partial charge < -0.3 is 0 Å². The average Bonchev–Trinajstić information content (AvgIpc) is 3.14. The van der Waals surface area contributed by atoms with E-state index in [1.165, 1.54) is 50.8 Å². The molecule has 2 fully saturated rings. The number of rotatable bonds is 4. The van der Waals surface area contributed by atoms with Crippen molar-refractivity contribution in [2.75, 3.05) is 13.1 Å². The number of benzene rings is 1. The largest absolute Gasteiger partial charge is 0.298 e. The van der Waals surface area contributed by atoms with E-state index in [1.807, 2.05) is 6.07 Å². The lowest BCUT2D eigenvalue weighted by Crippen LogP contribution is -2.38. The van der Waals surface area contributed by atoms with Crippen LogP contribution < -0.4 is 0 Å². The van der Waals surface area contributed by atoms with Crippen molar-refractivity contribution in [1.82, 2.24) is 15.1 Å². The second-order valence-corrected chi connectivity index (χ2v) is 7.15. The van der Waals surface area contributed by atoms with Gasteiger partial charge >= 0.3 is 0 Å². The van der Waals surface area contributed by atoms with Crippen molar-refractivity contribution in [2.45, 2.75) is 51.0 Å². The summed E-state index contributed by atoms with van der Waals surface area (Å²) in [5.41, 5.74) is 5.02. The monoisotopic (exact) mass is 307 g/mol. The first-order valence-corrected chi connectivity index (χ1v) is 8.91. The first kappa shape index (κ1) is 14.8. The Labute approximate surface area is 138 Å². The van der Waals surface area contributed by atoms with Gasteiger partial charge in [-0.25, -0.2) is 0 Å². The molecule has 0 bridgehead atoms. The standard InChI is InChI=1S/C20H25N3/c1-16-15-18(21-22-19(16)17-7-3-2-4-8-17)9-12-20-10-5-13-23(20)14-6-11-20/h2-4,7-8,15H,5-6,9-14H2,1H3. The molecule has 0 spiro atoms. The summed E-state index contributed by atoms with van der Waals surface area (Å²) < 4.78 is 0. The number of hydrogen-bond acceptors (Lipinski definition) is 3. The summed E-state index contributed by atoms with van der Waals surface area (Å²) in [4.78, 5) is 2.73. The molecule has 3 nitrogen and oxygen atoms in total. The van der Waals surface area contributed by atoms with Gasteiger partial charge in [-0.15, -0.1) is 5.10 Å². The third-order valence-electron chi connectivity index (χ3n) is 5.74. The fourth-order valence-corrected chi connectivity index (χ4v) is 4.54. The zero-order chi connectivity index (χ0) is 15.7. The van der Waals surface area contributed by atoms with Crippen LogP contribution in [0.3, 0.4) is 0 Å². The van der Waals surface area contributed by atoms with Crippen LogP contribution in [0.4, 0.5) is 0 Å². The third kappa shape index (κ3) is 2.78. The van der Waals surface area contributed by atoms with Gasteiger partial charge in [0.2, 0.25) is 0 Å². The van der Waals surface area contributed by atoms with Crippen LogP contribution in [0.25, 0.3) is 11.3 Å². The SMILES string of the molecule is Cc1cc(CCC23CCCN2CCC3)nnc1-c1ccccc1. The van der Waals surface area contributed by atoms with Crippen molar-refractivity contribution in [2.24, 2.45) is 0 Å². The quantitative estimate of drug-likeness (QED) is 0.854. The summed E-state index contributed by atoms with van der Waals surface area (Å²) in [5, 5.41) is 9.03. The fraction of sp³-hybridized carbons (Fsp3) is 0.500. The maximum atomic E-state index is 4.52. The van der Waals surface area contributed by atoms with Crippen LogP contribution in [0, 0.1) is 6.92 Å². The van der Waals surface area contributed by atoms with E-state index in [4.69, 9.17) is 0 Å².